The maximum atomic E-state index is 6.05. The van der Waals surface area contributed by atoms with E-state index in [2.05, 4.69) is 37.9 Å². The summed E-state index contributed by atoms with van der Waals surface area (Å²) in [6.07, 6.45) is 3.83. The van der Waals surface area contributed by atoms with Crippen LogP contribution < -0.4 is 11.1 Å². The second-order valence-corrected chi connectivity index (χ2v) is 5.98. The molecule has 1 aliphatic carbocycles. The zero-order chi connectivity index (χ0) is 12.9. The molecule has 0 aromatic carbocycles. The Labute approximate surface area is 107 Å². The summed E-state index contributed by atoms with van der Waals surface area (Å²) in [6, 6.07) is 0. The minimum absolute atomic E-state index is 0.167. The molecule has 0 saturated heterocycles. The van der Waals surface area contributed by atoms with E-state index < -0.39 is 0 Å². The lowest BCUT2D eigenvalue weighted by atomic mass is 9.75. The maximum absolute atomic E-state index is 6.05. The van der Waals surface area contributed by atoms with Crippen LogP contribution >= 0.6 is 0 Å². The highest BCUT2D eigenvalue weighted by Crippen LogP contribution is 2.45. The van der Waals surface area contributed by atoms with Crippen LogP contribution in [0, 0.1) is 5.41 Å². The summed E-state index contributed by atoms with van der Waals surface area (Å²) in [5.74, 6) is 0. The second-order valence-electron chi connectivity index (χ2n) is 5.98. The molecule has 102 valence electrons. The maximum Gasteiger partial charge on any atom is 0.0355 e. The molecule has 0 spiro atoms. The van der Waals surface area contributed by atoms with Gasteiger partial charge in [0.05, 0.1) is 0 Å². The quantitative estimate of drug-likeness (QED) is 0.714. The van der Waals surface area contributed by atoms with E-state index in [1.165, 1.54) is 19.3 Å². The van der Waals surface area contributed by atoms with Crippen molar-refractivity contribution in [2.24, 2.45) is 11.1 Å². The lowest BCUT2D eigenvalue weighted by molar-refractivity contribution is 0.156. The first kappa shape index (κ1) is 14.9. The predicted octanol–water partition coefficient (Wildman–Crippen LogP) is 1.83. The highest BCUT2D eigenvalue weighted by molar-refractivity contribution is 5.05. The molecule has 3 heteroatoms. The van der Waals surface area contributed by atoms with E-state index in [-0.39, 0.29) is 5.54 Å². The molecule has 17 heavy (non-hydrogen) atoms. The second kappa shape index (κ2) is 6.17. The van der Waals surface area contributed by atoms with Gasteiger partial charge in [0.1, 0.15) is 0 Å². The van der Waals surface area contributed by atoms with Gasteiger partial charge in [-0.15, -0.1) is 0 Å². The molecule has 3 nitrogen and oxygen atoms in total. The minimum atomic E-state index is 0.167. The molecule has 0 aromatic rings. The predicted molar refractivity (Wildman–Crippen MR) is 75.2 cm³/mol. The van der Waals surface area contributed by atoms with Crippen LogP contribution in [-0.4, -0.2) is 43.2 Å². The fraction of sp³-hybridized carbons (Fsp3) is 1.00. The van der Waals surface area contributed by atoms with E-state index in [1.54, 1.807) is 0 Å². The average molecular weight is 241 g/mol. The van der Waals surface area contributed by atoms with E-state index in [4.69, 9.17) is 5.73 Å². The number of likely N-dealkylation sites (N-methyl/N-ethyl adjacent to an activating group) is 1. The van der Waals surface area contributed by atoms with Crippen LogP contribution in [0.3, 0.4) is 0 Å². The van der Waals surface area contributed by atoms with Crippen molar-refractivity contribution in [1.29, 1.82) is 0 Å². The topological polar surface area (TPSA) is 41.3 Å². The number of nitrogens with one attached hydrogen (secondary N) is 1. The van der Waals surface area contributed by atoms with Gasteiger partial charge in [-0.1, -0.05) is 34.1 Å². The molecule has 1 saturated carbocycles. The van der Waals surface area contributed by atoms with Crippen LogP contribution in [0.25, 0.3) is 0 Å². The number of nitrogens with two attached hydrogens (primary N) is 1. The molecule has 0 amide bonds. The van der Waals surface area contributed by atoms with Gasteiger partial charge in [0.15, 0.2) is 0 Å². The summed E-state index contributed by atoms with van der Waals surface area (Å²) < 4.78 is 0. The van der Waals surface area contributed by atoms with Crippen LogP contribution in [0.2, 0.25) is 0 Å². The zero-order valence-corrected chi connectivity index (χ0v) is 12.2. The Morgan fingerprint density at radius 1 is 1.18 bits per heavy atom. The van der Waals surface area contributed by atoms with Gasteiger partial charge in [0, 0.05) is 25.2 Å². The van der Waals surface area contributed by atoms with Crippen molar-refractivity contribution >= 4 is 0 Å². The fourth-order valence-corrected chi connectivity index (χ4v) is 3.18. The normalized spacial score (nSPS) is 27.9. The smallest absolute Gasteiger partial charge is 0.0355 e. The minimum Gasteiger partial charge on any atom is -0.329 e. The molecule has 1 fully saturated rings. The lowest BCUT2D eigenvalue weighted by Crippen LogP contribution is -2.59. The third-order valence-electron chi connectivity index (χ3n) is 4.84. The molecule has 0 aromatic heterocycles. The van der Waals surface area contributed by atoms with Crippen LogP contribution in [0.15, 0.2) is 0 Å². The zero-order valence-electron chi connectivity index (χ0n) is 12.2. The summed E-state index contributed by atoms with van der Waals surface area (Å²) in [5, 5.41) is 3.77. The monoisotopic (exact) mass is 241 g/mol. The summed E-state index contributed by atoms with van der Waals surface area (Å²) >= 11 is 0. The first-order chi connectivity index (χ1) is 8.01. The van der Waals surface area contributed by atoms with Gasteiger partial charge in [-0.05, 0) is 31.3 Å². The average Bonchev–Trinajstić information content (AvgIpc) is 2.61. The van der Waals surface area contributed by atoms with Gasteiger partial charge < -0.3 is 16.0 Å². The van der Waals surface area contributed by atoms with Crippen molar-refractivity contribution < 1.29 is 0 Å². The van der Waals surface area contributed by atoms with Crippen LogP contribution in [0.1, 0.15) is 47.0 Å². The fourth-order valence-electron chi connectivity index (χ4n) is 3.18. The molecule has 3 N–H and O–H groups in total. The highest BCUT2D eigenvalue weighted by atomic mass is 15.1. The molecule has 1 atom stereocenters. The SMILES string of the molecule is CCN(CC)CCNC1(CN)CCCC1(C)C. The van der Waals surface area contributed by atoms with Gasteiger partial charge >= 0.3 is 0 Å². The van der Waals surface area contributed by atoms with Crippen molar-refractivity contribution in [1.82, 2.24) is 10.2 Å². The van der Waals surface area contributed by atoms with E-state index in [1.807, 2.05) is 0 Å². The van der Waals surface area contributed by atoms with E-state index in [0.29, 0.717) is 5.41 Å². The number of rotatable bonds is 7. The number of hydrogen-bond acceptors (Lipinski definition) is 3. The van der Waals surface area contributed by atoms with Gasteiger partial charge in [0.2, 0.25) is 0 Å². The Hall–Kier alpha value is -0.120. The first-order valence-electron chi connectivity index (χ1n) is 7.19. The van der Waals surface area contributed by atoms with Gasteiger partial charge in [-0.25, -0.2) is 0 Å². The Kier molecular flexibility index (Phi) is 5.42. The molecule has 0 bridgehead atoms. The molecular formula is C14H31N3. The van der Waals surface area contributed by atoms with Crippen LogP contribution in [-0.2, 0) is 0 Å². The van der Waals surface area contributed by atoms with E-state index in [0.717, 1.165) is 32.7 Å². The third kappa shape index (κ3) is 3.21. The summed E-state index contributed by atoms with van der Waals surface area (Å²) in [7, 11) is 0. The summed E-state index contributed by atoms with van der Waals surface area (Å²) in [6.45, 7) is 14.4. The highest BCUT2D eigenvalue weighted by Gasteiger charge is 2.47. The van der Waals surface area contributed by atoms with Crippen molar-refractivity contribution in [3.8, 4) is 0 Å². The van der Waals surface area contributed by atoms with Gasteiger partial charge in [-0.2, -0.15) is 0 Å². The molecular weight excluding hydrogens is 210 g/mol. The molecule has 1 rings (SSSR count). The Balaban J connectivity index is 2.47. The molecule has 1 aliphatic rings. The van der Waals surface area contributed by atoms with Crippen molar-refractivity contribution in [2.75, 3.05) is 32.7 Å². The molecule has 0 heterocycles. The molecule has 0 radical (unpaired) electrons. The summed E-state index contributed by atoms with van der Waals surface area (Å²) in [5.41, 5.74) is 6.56. The first-order valence-corrected chi connectivity index (χ1v) is 7.19. The van der Waals surface area contributed by atoms with Crippen LogP contribution in [0.5, 0.6) is 0 Å². The summed E-state index contributed by atoms with van der Waals surface area (Å²) in [4.78, 5) is 2.46. The van der Waals surface area contributed by atoms with E-state index >= 15 is 0 Å². The van der Waals surface area contributed by atoms with Crippen LogP contribution in [0.4, 0.5) is 0 Å². The van der Waals surface area contributed by atoms with Gasteiger partial charge in [0.25, 0.3) is 0 Å². The van der Waals surface area contributed by atoms with Crippen molar-refractivity contribution in [3.05, 3.63) is 0 Å². The molecule has 0 aliphatic heterocycles. The lowest BCUT2D eigenvalue weighted by Gasteiger charge is -2.42. The number of nitrogens with zero attached hydrogens (tertiary/aromatic N) is 1. The largest absolute Gasteiger partial charge is 0.329 e. The van der Waals surface area contributed by atoms with Gasteiger partial charge in [-0.3, -0.25) is 0 Å². The Bertz CT molecular complexity index is 224. The third-order valence-corrected chi connectivity index (χ3v) is 4.84. The van der Waals surface area contributed by atoms with Crippen molar-refractivity contribution in [3.63, 3.8) is 0 Å². The van der Waals surface area contributed by atoms with E-state index in [9.17, 15) is 0 Å². The van der Waals surface area contributed by atoms with Crippen molar-refractivity contribution in [2.45, 2.75) is 52.5 Å². The number of hydrogen-bond donors (Lipinski definition) is 2. The molecule has 1 unspecified atom stereocenters. The Morgan fingerprint density at radius 2 is 1.82 bits per heavy atom. The standard InChI is InChI=1S/C14H31N3/c1-5-17(6-2)11-10-16-14(12-15)9-7-8-13(14,3)4/h16H,5-12,15H2,1-4H3. The Morgan fingerprint density at radius 3 is 2.24 bits per heavy atom.